The highest BCUT2D eigenvalue weighted by Crippen LogP contribution is 2.17. The summed E-state index contributed by atoms with van der Waals surface area (Å²) in [5, 5.41) is 17.5. The number of carbonyl (C=O) groups is 2. The maximum absolute atomic E-state index is 11.8. The van der Waals surface area contributed by atoms with Crippen molar-refractivity contribution in [2.45, 2.75) is 13.0 Å². The first-order valence-corrected chi connectivity index (χ1v) is 6.99. The van der Waals surface area contributed by atoms with Crippen LogP contribution in [0.25, 0.3) is 6.08 Å². The fourth-order valence-electron chi connectivity index (χ4n) is 1.61. The fourth-order valence-corrected chi connectivity index (χ4v) is 2.41. The van der Waals surface area contributed by atoms with E-state index >= 15 is 0 Å². The molecular weight excluding hydrogens is 292 g/mol. The Balaban J connectivity index is 1.95. The number of aromatic nitrogens is 3. The van der Waals surface area contributed by atoms with Gasteiger partial charge in [0.15, 0.2) is 5.69 Å². The van der Waals surface area contributed by atoms with Gasteiger partial charge in [0, 0.05) is 30.3 Å². The lowest BCUT2D eigenvalue weighted by atomic mass is 10.3. The lowest BCUT2D eigenvalue weighted by Crippen LogP contribution is -2.24. The van der Waals surface area contributed by atoms with Crippen LogP contribution in [0.1, 0.15) is 34.0 Å². The van der Waals surface area contributed by atoms with Gasteiger partial charge in [-0.3, -0.25) is 9.48 Å². The van der Waals surface area contributed by atoms with E-state index in [9.17, 15) is 9.59 Å². The number of nitrogens with one attached hydrogen (secondary N) is 1. The molecule has 2 heterocycles. The molecule has 1 amide bonds. The minimum Gasteiger partial charge on any atom is -0.476 e. The van der Waals surface area contributed by atoms with Crippen molar-refractivity contribution >= 4 is 29.3 Å². The molecule has 0 bridgehead atoms. The highest BCUT2D eigenvalue weighted by Gasteiger charge is 2.14. The summed E-state index contributed by atoms with van der Waals surface area (Å²) in [4.78, 5) is 26.5. The number of aromatic carboxylic acids is 1. The summed E-state index contributed by atoms with van der Waals surface area (Å²) in [7, 11) is 1.79. The van der Waals surface area contributed by atoms with Gasteiger partial charge >= 0.3 is 5.97 Å². The van der Waals surface area contributed by atoms with Crippen LogP contribution in [0.5, 0.6) is 0 Å². The molecule has 1 unspecified atom stereocenters. The molecule has 0 aliphatic carbocycles. The Kier molecular flexibility index (Phi) is 4.49. The number of carboxylic acids is 1. The summed E-state index contributed by atoms with van der Waals surface area (Å²) < 4.78 is 1.64. The van der Waals surface area contributed by atoms with Crippen LogP contribution in [0.2, 0.25) is 0 Å². The molecular formula is C13H14N4O3S. The number of nitrogens with zero attached hydrogens (tertiary/aromatic N) is 3. The molecule has 1 atom stereocenters. The Bertz CT molecular complexity index is 689. The van der Waals surface area contributed by atoms with Crippen molar-refractivity contribution in [3.63, 3.8) is 0 Å². The molecule has 0 aliphatic heterocycles. The van der Waals surface area contributed by atoms with Gasteiger partial charge in [0.1, 0.15) is 5.01 Å². The predicted molar refractivity (Wildman–Crippen MR) is 77.9 cm³/mol. The third-order valence-corrected chi connectivity index (χ3v) is 3.65. The molecule has 2 rings (SSSR count). The van der Waals surface area contributed by atoms with E-state index in [1.165, 1.54) is 22.8 Å². The van der Waals surface area contributed by atoms with Crippen LogP contribution >= 0.6 is 11.3 Å². The first kappa shape index (κ1) is 14.9. The van der Waals surface area contributed by atoms with E-state index in [-0.39, 0.29) is 17.6 Å². The number of hydrogen-bond donors (Lipinski definition) is 2. The van der Waals surface area contributed by atoms with Crippen LogP contribution in [0, 0.1) is 0 Å². The van der Waals surface area contributed by atoms with Crippen molar-refractivity contribution in [3.05, 3.63) is 40.1 Å². The molecule has 7 nitrogen and oxygen atoms in total. The van der Waals surface area contributed by atoms with Gasteiger partial charge in [-0.1, -0.05) is 0 Å². The van der Waals surface area contributed by atoms with Crippen LogP contribution in [-0.4, -0.2) is 31.7 Å². The molecule has 0 aliphatic rings. The number of aryl methyl sites for hydroxylation is 1. The minimum atomic E-state index is -1.08. The fraction of sp³-hybridized carbons (Fsp3) is 0.231. The third-order valence-electron chi connectivity index (χ3n) is 2.62. The number of hydrogen-bond acceptors (Lipinski definition) is 5. The Morgan fingerprint density at radius 1 is 1.52 bits per heavy atom. The van der Waals surface area contributed by atoms with Crippen molar-refractivity contribution in [2.75, 3.05) is 0 Å². The minimum absolute atomic E-state index is 0.0120. The average Bonchev–Trinajstić information content (AvgIpc) is 3.05. The van der Waals surface area contributed by atoms with E-state index in [4.69, 9.17) is 5.11 Å². The lowest BCUT2D eigenvalue weighted by molar-refractivity contribution is -0.117. The second-order valence-corrected chi connectivity index (χ2v) is 5.28. The molecule has 0 fully saturated rings. The Morgan fingerprint density at radius 2 is 2.29 bits per heavy atom. The van der Waals surface area contributed by atoms with Gasteiger partial charge in [-0.05, 0) is 13.0 Å². The topological polar surface area (TPSA) is 97.1 Å². The summed E-state index contributed by atoms with van der Waals surface area (Å²) in [5.74, 6) is -1.36. The van der Waals surface area contributed by atoms with E-state index in [2.05, 4.69) is 15.4 Å². The maximum Gasteiger partial charge on any atom is 0.355 e. The molecule has 8 heteroatoms. The van der Waals surface area contributed by atoms with E-state index in [0.29, 0.717) is 5.01 Å². The molecule has 21 heavy (non-hydrogen) atoms. The third kappa shape index (κ3) is 3.99. The van der Waals surface area contributed by atoms with Crippen molar-refractivity contribution in [2.24, 2.45) is 7.05 Å². The smallest absolute Gasteiger partial charge is 0.355 e. The van der Waals surface area contributed by atoms with Crippen molar-refractivity contribution in [1.82, 2.24) is 20.1 Å². The standard InChI is InChI=1S/C13H14N4O3S/c1-8(12-16-10(7-21-12)13(19)20)15-11(18)4-3-9-5-14-17(2)6-9/h3-8H,1-2H3,(H,15,18)(H,19,20). The molecule has 0 saturated heterocycles. The average molecular weight is 306 g/mol. The van der Waals surface area contributed by atoms with E-state index in [1.807, 2.05) is 0 Å². The van der Waals surface area contributed by atoms with E-state index < -0.39 is 5.97 Å². The predicted octanol–water partition coefficient (Wildman–Crippen LogP) is 1.47. The zero-order chi connectivity index (χ0) is 15.4. The van der Waals surface area contributed by atoms with Gasteiger partial charge in [0.2, 0.25) is 5.91 Å². The van der Waals surface area contributed by atoms with Crippen LogP contribution in [0.15, 0.2) is 23.8 Å². The zero-order valence-corrected chi connectivity index (χ0v) is 12.3. The zero-order valence-electron chi connectivity index (χ0n) is 11.5. The number of thiazole rings is 1. The van der Waals surface area contributed by atoms with Crippen LogP contribution in [0.4, 0.5) is 0 Å². The molecule has 0 aromatic carbocycles. The Labute approximate surface area is 124 Å². The molecule has 0 spiro atoms. The molecule has 2 N–H and O–H groups in total. The second-order valence-electron chi connectivity index (χ2n) is 4.39. The lowest BCUT2D eigenvalue weighted by Gasteiger charge is -2.08. The van der Waals surface area contributed by atoms with Crippen molar-refractivity contribution in [3.8, 4) is 0 Å². The SMILES string of the molecule is CC(NC(=O)C=Cc1cnn(C)c1)c1nc(C(=O)O)cs1. The van der Waals surface area contributed by atoms with Crippen LogP contribution in [-0.2, 0) is 11.8 Å². The number of carboxylic acid groups (broad SMARTS) is 1. The summed E-state index contributed by atoms with van der Waals surface area (Å²) >= 11 is 1.20. The van der Waals surface area contributed by atoms with Gasteiger partial charge in [-0.15, -0.1) is 11.3 Å². The van der Waals surface area contributed by atoms with Gasteiger partial charge in [0.25, 0.3) is 0 Å². The van der Waals surface area contributed by atoms with E-state index in [1.54, 1.807) is 37.1 Å². The van der Waals surface area contributed by atoms with Gasteiger partial charge in [-0.25, -0.2) is 9.78 Å². The highest BCUT2D eigenvalue weighted by molar-refractivity contribution is 7.09. The summed E-state index contributed by atoms with van der Waals surface area (Å²) in [5.41, 5.74) is 0.810. The Hall–Kier alpha value is -2.48. The van der Waals surface area contributed by atoms with Gasteiger partial charge in [-0.2, -0.15) is 5.10 Å². The van der Waals surface area contributed by atoms with E-state index in [0.717, 1.165) is 5.56 Å². The monoisotopic (exact) mass is 306 g/mol. The maximum atomic E-state index is 11.8. The normalized spacial score (nSPS) is 12.5. The number of rotatable bonds is 5. The Morgan fingerprint density at radius 3 is 2.86 bits per heavy atom. The molecule has 2 aromatic rings. The van der Waals surface area contributed by atoms with Crippen molar-refractivity contribution in [1.29, 1.82) is 0 Å². The first-order valence-electron chi connectivity index (χ1n) is 6.11. The summed E-state index contributed by atoms with van der Waals surface area (Å²) in [6.07, 6.45) is 6.49. The second kappa shape index (κ2) is 6.31. The number of carbonyl (C=O) groups excluding carboxylic acids is 1. The quantitative estimate of drug-likeness (QED) is 0.815. The summed E-state index contributed by atoms with van der Waals surface area (Å²) in [6.45, 7) is 1.75. The summed E-state index contributed by atoms with van der Waals surface area (Å²) in [6, 6.07) is -0.353. The van der Waals surface area contributed by atoms with Crippen LogP contribution in [0.3, 0.4) is 0 Å². The van der Waals surface area contributed by atoms with Gasteiger partial charge in [0.05, 0.1) is 12.2 Å². The number of amides is 1. The molecule has 2 aromatic heterocycles. The van der Waals surface area contributed by atoms with Gasteiger partial charge < -0.3 is 10.4 Å². The largest absolute Gasteiger partial charge is 0.476 e. The van der Waals surface area contributed by atoms with Crippen molar-refractivity contribution < 1.29 is 14.7 Å². The highest BCUT2D eigenvalue weighted by atomic mass is 32.1. The molecule has 0 saturated carbocycles. The van der Waals surface area contributed by atoms with Crippen LogP contribution < -0.4 is 5.32 Å². The molecule has 110 valence electrons. The first-order chi connectivity index (χ1) is 9.95. The molecule has 0 radical (unpaired) electrons.